The monoisotopic (exact) mass is 359 g/mol. The zero-order valence-corrected chi connectivity index (χ0v) is 13.6. The zero-order chi connectivity index (χ0) is 18.4. The molecule has 0 saturated carbocycles. The third-order valence-electron chi connectivity index (χ3n) is 3.08. The first kappa shape index (κ1) is 18.1. The summed E-state index contributed by atoms with van der Waals surface area (Å²) in [5, 5.41) is 18.1. The quantitative estimate of drug-likeness (QED) is 0.762. The van der Waals surface area contributed by atoms with E-state index >= 15 is 0 Å². The average molecular weight is 359 g/mol. The van der Waals surface area contributed by atoms with Gasteiger partial charge in [-0.05, 0) is 12.1 Å². The SMILES string of the molecule is C=CCn1c(=C(C#N)C#N)sc(=Cc2ccccc2OC(F)F)c1=O. The Hall–Kier alpha value is -3.23. The molecule has 5 nitrogen and oxygen atoms in total. The number of thiazole rings is 1. The highest BCUT2D eigenvalue weighted by molar-refractivity contribution is 7.07. The maximum Gasteiger partial charge on any atom is 0.387 e. The van der Waals surface area contributed by atoms with Crippen LogP contribution in [0.15, 0.2) is 41.7 Å². The molecule has 0 bridgehead atoms. The number of para-hydroxylation sites is 1. The van der Waals surface area contributed by atoms with Crippen molar-refractivity contribution in [3.8, 4) is 17.9 Å². The number of allylic oxidation sites excluding steroid dienone is 1. The topological polar surface area (TPSA) is 78.8 Å². The Morgan fingerprint density at radius 2 is 2.04 bits per heavy atom. The summed E-state index contributed by atoms with van der Waals surface area (Å²) in [7, 11) is 0. The lowest BCUT2D eigenvalue weighted by molar-refractivity contribution is -0.0499. The summed E-state index contributed by atoms with van der Waals surface area (Å²) >= 11 is 0.928. The Morgan fingerprint density at radius 1 is 1.36 bits per heavy atom. The molecular formula is C17H11F2N3O2S. The molecular weight excluding hydrogens is 348 g/mol. The molecule has 1 heterocycles. The van der Waals surface area contributed by atoms with E-state index in [4.69, 9.17) is 10.5 Å². The van der Waals surface area contributed by atoms with Crippen LogP contribution >= 0.6 is 11.3 Å². The van der Waals surface area contributed by atoms with Gasteiger partial charge in [0.15, 0.2) is 5.57 Å². The van der Waals surface area contributed by atoms with Gasteiger partial charge in [-0.3, -0.25) is 9.36 Å². The van der Waals surface area contributed by atoms with Crippen molar-refractivity contribution in [3.63, 3.8) is 0 Å². The van der Waals surface area contributed by atoms with Gasteiger partial charge < -0.3 is 4.74 Å². The second-order valence-corrected chi connectivity index (χ2v) is 5.67. The molecule has 1 aromatic heterocycles. The van der Waals surface area contributed by atoms with Crippen LogP contribution in [-0.2, 0) is 6.54 Å². The van der Waals surface area contributed by atoms with Crippen molar-refractivity contribution >= 4 is 23.0 Å². The summed E-state index contributed by atoms with van der Waals surface area (Å²) in [4.78, 5) is 12.5. The van der Waals surface area contributed by atoms with Gasteiger partial charge in [0.1, 0.15) is 22.6 Å². The molecule has 0 fully saturated rings. The van der Waals surface area contributed by atoms with Crippen molar-refractivity contribution in [1.82, 2.24) is 4.57 Å². The minimum absolute atomic E-state index is 0.0770. The average Bonchev–Trinajstić information content (AvgIpc) is 2.87. The number of benzene rings is 1. The van der Waals surface area contributed by atoms with Crippen molar-refractivity contribution in [3.05, 3.63) is 62.0 Å². The van der Waals surface area contributed by atoms with E-state index in [-0.39, 0.29) is 32.6 Å². The summed E-state index contributed by atoms with van der Waals surface area (Å²) in [6.07, 6.45) is 2.85. The Bertz CT molecular complexity index is 1040. The summed E-state index contributed by atoms with van der Waals surface area (Å²) < 4.78 is 31.0. The van der Waals surface area contributed by atoms with Gasteiger partial charge in [0, 0.05) is 12.1 Å². The largest absolute Gasteiger partial charge is 0.434 e. The molecule has 1 aromatic carbocycles. The van der Waals surface area contributed by atoms with Gasteiger partial charge in [0.2, 0.25) is 0 Å². The Kier molecular flexibility index (Phi) is 5.83. The van der Waals surface area contributed by atoms with E-state index in [1.165, 1.54) is 34.9 Å². The van der Waals surface area contributed by atoms with E-state index in [0.29, 0.717) is 0 Å². The summed E-state index contributed by atoms with van der Waals surface area (Å²) in [5.41, 5.74) is -0.371. The number of hydrogen-bond donors (Lipinski definition) is 0. The lowest BCUT2D eigenvalue weighted by Gasteiger charge is -2.06. The molecule has 0 spiro atoms. The second-order valence-electron chi connectivity index (χ2n) is 4.64. The summed E-state index contributed by atoms with van der Waals surface area (Å²) in [5.74, 6) is -0.0770. The van der Waals surface area contributed by atoms with E-state index in [0.717, 1.165) is 11.3 Å². The van der Waals surface area contributed by atoms with Gasteiger partial charge in [-0.2, -0.15) is 19.3 Å². The minimum atomic E-state index is -3.00. The van der Waals surface area contributed by atoms with Crippen LogP contribution in [0.25, 0.3) is 11.6 Å². The van der Waals surface area contributed by atoms with E-state index in [1.807, 2.05) is 0 Å². The minimum Gasteiger partial charge on any atom is -0.434 e. The van der Waals surface area contributed by atoms with Crippen molar-refractivity contribution in [2.24, 2.45) is 0 Å². The van der Waals surface area contributed by atoms with Crippen LogP contribution in [-0.4, -0.2) is 11.2 Å². The van der Waals surface area contributed by atoms with Crippen LogP contribution in [0.1, 0.15) is 5.56 Å². The normalized spacial score (nSPS) is 11.0. The third-order valence-corrected chi connectivity index (χ3v) is 4.21. The highest BCUT2D eigenvalue weighted by Gasteiger charge is 2.11. The van der Waals surface area contributed by atoms with E-state index in [9.17, 15) is 13.6 Å². The second kappa shape index (κ2) is 8.04. The van der Waals surface area contributed by atoms with Gasteiger partial charge in [-0.1, -0.05) is 24.3 Å². The van der Waals surface area contributed by atoms with Gasteiger partial charge in [0.25, 0.3) is 5.56 Å². The van der Waals surface area contributed by atoms with Crippen molar-refractivity contribution in [2.75, 3.05) is 0 Å². The smallest absolute Gasteiger partial charge is 0.387 e. The molecule has 2 rings (SSSR count). The van der Waals surface area contributed by atoms with Crippen molar-refractivity contribution in [1.29, 1.82) is 10.5 Å². The Balaban J connectivity index is 2.77. The van der Waals surface area contributed by atoms with Crippen LogP contribution < -0.4 is 19.5 Å². The maximum atomic E-state index is 12.5. The molecule has 2 aromatic rings. The number of rotatable bonds is 5. The standard InChI is InChI=1S/C17H11F2N3O2S/c1-2-7-22-15(23)14(25-16(22)12(9-20)10-21)8-11-5-3-4-6-13(11)24-17(18)19/h2-6,8,17H,1,7H2. The predicted molar refractivity (Wildman–Crippen MR) is 89.3 cm³/mol. The highest BCUT2D eigenvalue weighted by Crippen LogP contribution is 2.20. The molecule has 0 radical (unpaired) electrons. The Morgan fingerprint density at radius 3 is 2.64 bits per heavy atom. The fourth-order valence-electron chi connectivity index (χ4n) is 2.07. The molecule has 0 aliphatic carbocycles. The molecule has 0 saturated heterocycles. The first-order valence-electron chi connectivity index (χ1n) is 6.92. The summed E-state index contributed by atoms with van der Waals surface area (Å²) in [6.45, 7) is 0.660. The van der Waals surface area contributed by atoms with Crippen molar-refractivity contribution < 1.29 is 13.5 Å². The number of hydrogen-bond acceptors (Lipinski definition) is 5. The van der Waals surface area contributed by atoms with Crippen LogP contribution in [0.4, 0.5) is 8.78 Å². The van der Waals surface area contributed by atoms with Crippen LogP contribution in [0.2, 0.25) is 0 Å². The number of halogens is 2. The van der Waals surface area contributed by atoms with E-state index in [1.54, 1.807) is 18.2 Å². The predicted octanol–water partition coefficient (Wildman–Crippen LogP) is 1.72. The molecule has 0 unspecified atom stereocenters. The maximum absolute atomic E-state index is 12.5. The lowest BCUT2D eigenvalue weighted by Crippen LogP contribution is -2.31. The highest BCUT2D eigenvalue weighted by atomic mass is 32.1. The molecule has 25 heavy (non-hydrogen) atoms. The number of aromatic nitrogens is 1. The summed E-state index contributed by atoms with van der Waals surface area (Å²) in [6, 6.07) is 9.51. The molecule has 126 valence electrons. The lowest BCUT2D eigenvalue weighted by atomic mass is 10.2. The third kappa shape index (κ3) is 4.00. The first-order chi connectivity index (χ1) is 12.0. The van der Waals surface area contributed by atoms with Crippen molar-refractivity contribution in [2.45, 2.75) is 13.2 Å². The zero-order valence-electron chi connectivity index (χ0n) is 12.8. The van der Waals surface area contributed by atoms with Crippen LogP contribution in [0.3, 0.4) is 0 Å². The molecule has 8 heteroatoms. The van der Waals surface area contributed by atoms with Gasteiger partial charge in [-0.15, -0.1) is 17.9 Å². The Labute approximate surface area is 145 Å². The first-order valence-corrected chi connectivity index (χ1v) is 7.74. The van der Waals surface area contributed by atoms with Gasteiger partial charge in [0.05, 0.1) is 4.53 Å². The fraction of sp³-hybridized carbons (Fsp3) is 0.118. The molecule has 0 aliphatic rings. The van der Waals surface area contributed by atoms with E-state index < -0.39 is 12.2 Å². The van der Waals surface area contributed by atoms with Crippen LogP contribution in [0, 0.1) is 22.7 Å². The molecule has 0 atom stereocenters. The number of nitriles is 2. The molecule has 0 amide bonds. The van der Waals surface area contributed by atoms with Gasteiger partial charge >= 0.3 is 6.61 Å². The molecule has 0 N–H and O–H groups in total. The van der Waals surface area contributed by atoms with Crippen LogP contribution in [0.5, 0.6) is 5.75 Å². The number of ether oxygens (including phenoxy) is 1. The van der Waals surface area contributed by atoms with E-state index in [2.05, 4.69) is 11.3 Å². The number of alkyl halides is 2. The fourth-order valence-corrected chi connectivity index (χ4v) is 3.12. The van der Waals surface area contributed by atoms with Gasteiger partial charge in [-0.25, -0.2) is 0 Å². The molecule has 0 aliphatic heterocycles. The number of nitrogens with zero attached hydrogens (tertiary/aromatic N) is 3.